The van der Waals surface area contributed by atoms with Gasteiger partial charge in [0.2, 0.25) is 5.95 Å². The largest absolute Gasteiger partial charge is 0.394 e. The van der Waals surface area contributed by atoms with E-state index in [1.807, 2.05) is 6.07 Å². The van der Waals surface area contributed by atoms with Gasteiger partial charge in [0.1, 0.15) is 23.8 Å². The summed E-state index contributed by atoms with van der Waals surface area (Å²) in [6, 6.07) is 19.0. The normalized spacial score (nSPS) is 19.5. The van der Waals surface area contributed by atoms with Gasteiger partial charge in [0.15, 0.2) is 0 Å². The van der Waals surface area contributed by atoms with Crippen LogP contribution in [0.25, 0.3) is 11.0 Å². The zero-order chi connectivity index (χ0) is 24.4. The highest BCUT2D eigenvalue weighted by Crippen LogP contribution is 2.33. The molecule has 4 N–H and O–H groups in total. The molecule has 35 heavy (non-hydrogen) atoms. The summed E-state index contributed by atoms with van der Waals surface area (Å²) in [7, 11) is 0. The third kappa shape index (κ3) is 4.62. The number of rotatable bonds is 6. The molecule has 0 unspecified atom stereocenters. The number of carbonyl (C=O) groups is 2. The number of anilines is 2. The van der Waals surface area contributed by atoms with Crippen LogP contribution < -0.4 is 10.6 Å². The van der Waals surface area contributed by atoms with E-state index < -0.39 is 24.3 Å². The van der Waals surface area contributed by atoms with Crippen LogP contribution in [0.1, 0.15) is 33.4 Å². The monoisotopic (exact) mass is 473 g/mol. The molecular formula is C25H23N5O5. The molecule has 1 saturated heterocycles. The molecule has 4 aromatic rings. The lowest BCUT2D eigenvalue weighted by Crippen LogP contribution is -2.24. The maximum atomic E-state index is 12.8. The number of hydrogen-bond acceptors (Lipinski definition) is 7. The van der Waals surface area contributed by atoms with E-state index in [-0.39, 0.29) is 30.7 Å². The van der Waals surface area contributed by atoms with E-state index >= 15 is 0 Å². The van der Waals surface area contributed by atoms with E-state index in [0.29, 0.717) is 22.2 Å². The molecule has 0 bridgehead atoms. The van der Waals surface area contributed by atoms with E-state index in [1.54, 1.807) is 71.4 Å². The van der Waals surface area contributed by atoms with Gasteiger partial charge in [-0.3, -0.25) is 14.9 Å². The van der Waals surface area contributed by atoms with Crippen LogP contribution in [0.5, 0.6) is 0 Å². The number of benzene rings is 2. The quantitative estimate of drug-likeness (QED) is 0.338. The minimum Gasteiger partial charge on any atom is -0.394 e. The summed E-state index contributed by atoms with van der Waals surface area (Å²) < 4.78 is 7.47. The van der Waals surface area contributed by atoms with Crippen molar-refractivity contribution in [1.29, 1.82) is 0 Å². The van der Waals surface area contributed by atoms with Crippen LogP contribution in [0.2, 0.25) is 0 Å². The van der Waals surface area contributed by atoms with Crippen molar-refractivity contribution < 1.29 is 24.5 Å². The van der Waals surface area contributed by atoms with E-state index in [0.717, 1.165) is 0 Å². The van der Waals surface area contributed by atoms with Gasteiger partial charge < -0.3 is 24.8 Å². The Morgan fingerprint density at radius 3 is 2.17 bits per heavy atom. The Balaban J connectivity index is 1.53. The van der Waals surface area contributed by atoms with Crippen molar-refractivity contribution in [2.24, 2.45) is 0 Å². The number of aliphatic hydroxyl groups excluding tert-OH is 2. The Morgan fingerprint density at radius 1 is 0.943 bits per heavy atom. The highest BCUT2D eigenvalue weighted by Gasteiger charge is 2.35. The van der Waals surface area contributed by atoms with Gasteiger partial charge in [-0.2, -0.15) is 9.97 Å². The molecule has 1 fully saturated rings. The first-order chi connectivity index (χ1) is 17.0. The number of carbonyl (C=O) groups excluding carboxylic acids is 2. The predicted molar refractivity (Wildman–Crippen MR) is 128 cm³/mol. The van der Waals surface area contributed by atoms with Gasteiger partial charge in [0.05, 0.1) is 18.1 Å². The Hall–Kier alpha value is -4.12. The number of ether oxygens (including phenoxy) is 1. The highest BCUT2D eigenvalue weighted by atomic mass is 16.5. The smallest absolute Gasteiger partial charge is 0.258 e. The molecule has 10 heteroatoms. The third-order valence-electron chi connectivity index (χ3n) is 5.80. The van der Waals surface area contributed by atoms with Crippen molar-refractivity contribution in [3.05, 3.63) is 84.1 Å². The second-order valence-corrected chi connectivity index (χ2v) is 8.11. The number of aromatic nitrogens is 3. The van der Waals surface area contributed by atoms with Crippen LogP contribution in [0.4, 0.5) is 11.8 Å². The standard InChI is InChI=1S/C25H23N5O5/c31-14-19-18(32)13-20(35-19)30-12-11-17-21(26-23(33)15-7-3-1-4-8-15)27-25(28-22(17)30)29-24(34)16-9-5-2-6-10-16/h1-12,18-20,31-32H,13-14H2,(H2,26,27,28,29,33,34)/t18-,19+,20+/m0/s1. The van der Waals surface area contributed by atoms with Gasteiger partial charge in [-0.1, -0.05) is 36.4 Å². The van der Waals surface area contributed by atoms with Crippen molar-refractivity contribution in [2.75, 3.05) is 17.2 Å². The summed E-state index contributed by atoms with van der Waals surface area (Å²) in [6.45, 7) is -0.317. The first-order valence-electron chi connectivity index (χ1n) is 11.1. The molecule has 178 valence electrons. The molecular weight excluding hydrogens is 450 g/mol. The Labute approximate surface area is 200 Å². The fourth-order valence-corrected chi connectivity index (χ4v) is 4.00. The second-order valence-electron chi connectivity index (χ2n) is 8.11. The topological polar surface area (TPSA) is 139 Å². The summed E-state index contributed by atoms with van der Waals surface area (Å²) in [6.07, 6.45) is -0.189. The lowest BCUT2D eigenvalue weighted by Gasteiger charge is -2.15. The van der Waals surface area contributed by atoms with Crippen LogP contribution in [-0.2, 0) is 4.74 Å². The zero-order valence-corrected chi connectivity index (χ0v) is 18.5. The average molecular weight is 473 g/mol. The molecule has 10 nitrogen and oxygen atoms in total. The average Bonchev–Trinajstić information content (AvgIpc) is 3.48. The molecule has 1 aliphatic heterocycles. The number of fused-ring (bicyclic) bond motifs is 1. The lowest BCUT2D eigenvalue weighted by molar-refractivity contribution is -0.0430. The number of nitrogens with one attached hydrogen (secondary N) is 2. The van der Waals surface area contributed by atoms with E-state index in [9.17, 15) is 19.8 Å². The Kier molecular flexibility index (Phi) is 6.23. The van der Waals surface area contributed by atoms with Crippen molar-refractivity contribution >= 4 is 34.6 Å². The van der Waals surface area contributed by atoms with Gasteiger partial charge in [-0.15, -0.1) is 0 Å². The minimum absolute atomic E-state index is 0.00748. The Bertz CT molecular complexity index is 1360. The van der Waals surface area contributed by atoms with E-state index in [2.05, 4.69) is 20.6 Å². The molecule has 3 atom stereocenters. The van der Waals surface area contributed by atoms with Crippen LogP contribution in [-0.4, -0.2) is 55.4 Å². The van der Waals surface area contributed by atoms with Crippen LogP contribution in [0, 0.1) is 0 Å². The first kappa shape index (κ1) is 22.7. The second kappa shape index (κ2) is 9.63. The number of amides is 2. The SMILES string of the molecule is O=C(Nc1nc(NC(=O)c2ccccc2)c2ccn([C@H]3C[C@H](O)[C@@H](CO)O3)c2n1)c1ccccc1. The lowest BCUT2D eigenvalue weighted by atomic mass is 10.2. The first-order valence-corrected chi connectivity index (χ1v) is 11.1. The summed E-state index contributed by atoms with van der Waals surface area (Å²) in [5, 5.41) is 25.6. The maximum Gasteiger partial charge on any atom is 0.258 e. The van der Waals surface area contributed by atoms with Crippen molar-refractivity contribution in [1.82, 2.24) is 14.5 Å². The Morgan fingerprint density at radius 2 is 1.57 bits per heavy atom. The number of nitrogens with zero attached hydrogens (tertiary/aromatic N) is 3. The molecule has 0 spiro atoms. The maximum absolute atomic E-state index is 12.8. The third-order valence-corrected chi connectivity index (χ3v) is 5.80. The molecule has 0 radical (unpaired) electrons. The molecule has 0 aliphatic carbocycles. The molecule has 3 heterocycles. The summed E-state index contributed by atoms with van der Waals surface area (Å²) >= 11 is 0. The fourth-order valence-electron chi connectivity index (χ4n) is 4.00. The summed E-state index contributed by atoms with van der Waals surface area (Å²) in [5.41, 5.74) is 1.26. The van der Waals surface area contributed by atoms with Crippen LogP contribution in [0.15, 0.2) is 72.9 Å². The van der Waals surface area contributed by atoms with Gasteiger partial charge >= 0.3 is 0 Å². The van der Waals surface area contributed by atoms with Gasteiger partial charge in [0, 0.05) is 23.7 Å². The highest BCUT2D eigenvalue weighted by molar-refractivity contribution is 6.08. The van der Waals surface area contributed by atoms with E-state index in [1.165, 1.54) is 0 Å². The van der Waals surface area contributed by atoms with E-state index in [4.69, 9.17) is 4.74 Å². The van der Waals surface area contributed by atoms with Crippen LogP contribution in [0.3, 0.4) is 0 Å². The van der Waals surface area contributed by atoms with Crippen LogP contribution >= 0.6 is 0 Å². The van der Waals surface area contributed by atoms with Gasteiger partial charge in [0.25, 0.3) is 11.8 Å². The van der Waals surface area contributed by atoms with Crippen molar-refractivity contribution in [2.45, 2.75) is 24.9 Å². The molecule has 2 aromatic heterocycles. The molecule has 2 aromatic carbocycles. The van der Waals surface area contributed by atoms with Gasteiger partial charge in [-0.05, 0) is 30.3 Å². The molecule has 0 saturated carbocycles. The number of aliphatic hydroxyl groups is 2. The summed E-state index contributed by atoms with van der Waals surface area (Å²) in [5.74, 6) is -0.571. The van der Waals surface area contributed by atoms with Crippen molar-refractivity contribution in [3.63, 3.8) is 0 Å². The summed E-state index contributed by atoms with van der Waals surface area (Å²) in [4.78, 5) is 34.5. The molecule has 5 rings (SSSR count). The van der Waals surface area contributed by atoms with Crippen molar-refractivity contribution in [3.8, 4) is 0 Å². The zero-order valence-electron chi connectivity index (χ0n) is 18.5. The predicted octanol–water partition coefficient (Wildman–Crippen LogP) is 2.58. The fraction of sp³-hybridized carbons (Fsp3) is 0.200. The molecule has 2 amide bonds. The van der Waals surface area contributed by atoms with Gasteiger partial charge in [-0.25, -0.2) is 0 Å². The number of hydrogen-bond donors (Lipinski definition) is 4. The minimum atomic E-state index is -0.834. The molecule has 1 aliphatic rings.